The average Bonchev–Trinajstić information content (AvgIpc) is 2.35. The standard InChI is InChI=1S/C13H21N3O/c1-13(2,11-4-8-15-9-5-11)10-16-12(17)6-7-14-3/h4-5,8-9,14H,6-7,10H2,1-3H3,(H,16,17). The third-order valence-corrected chi connectivity index (χ3v) is 2.79. The highest BCUT2D eigenvalue weighted by atomic mass is 16.1. The van der Waals surface area contributed by atoms with Crippen molar-refractivity contribution in [3.05, 3.63) is 30.1 Å². The van der Waals surface area contributed by atoms with E-state index in [0.29, 0.717) is 19.5 Å². The summed E-state index contributed by atoms with van der Waals surface area (Å²) in [6.07, 6.45) is 4.07. The first-order valence-electron chi connectivity index (χ1n) is 5.88. The Balaban J connectivity index is 2.48. The molecule has 17 heavy (non-hydrogen) atoms. The molecule has 0 fully saturated rings. The summed E-state index contributed by atoms with van der Waals surface area (Å²) in [7, 11) is 1.84. The maximum absolute atomic E-state index is 11.5. The fourth-order valence-corrected chi connectivity index (χ4v) is 1.55. The number of nitrogens with one attached hydrogen (secondary N) is 2. The SMILES string of the molecule is CNCCC(=O)NCC(C)(C)c1ccncc1. The van der Waals surface area contributed by atoms with Gasteiger partial charge in [0.05, 0.1) is 0 Å². The van der Waals surface area contributed by atoms with Crippen molar-refractivity contribution in [1.82, 2.24) is 15.6 Å². The largest absolute Gasteiger partial charge is 0.355 e. The van der Waals surface area contributed by atoms with E-state index in [9.17, 15) is 4.79 Å². The highest BCUT2D eigenvalue weighted by Gasteiger charge is 2.20. The second kappa shape index (κ2) is 6.35. The van der Waals surface area contributed by atoms with Crippen LogP contribution >= 0.6 is 0 Å². The molecule has 1 amide bonds. The number of carbonyl (C=O) groups excluding carboxylic acids is 1. The zero-order valence-corrected chi connectivity index (χ0v) is 10.8. The van der Waals surface area contributed by atoms with Crippen molar-refractivity contribution in [3.8, 4) is 0 Å². The Morgan fingerprint density at radius 3 is 2.59 bits per heavy atom. The molecule has 1 heterocycles. The van der Waals surface area contributed by atoms with Crippen LogP contribution in [-0.2, 0) is 10.2 Å². The Morgan fingerprint density at radius 2 is 2.00 bits per heavy atom. The molecule has 0 aliphatic heterocycles. The van der Waals surface area contributed by atoms with E-state index in [0.717, 1.165) is 0 Å². The van der Waals surface area contributed by atoms with Gasteiger partial charge < -0.3 is 10.6 Å². The molecule has 0 aliphatic carbocycles. The topological polar surface area (TPSA) is 54.0 Å². The molecule has 0 saturated carbocycles. The van der Waals surface area contributed by atoms with E-state index in [1.165, 1.54) is 5.56 Å². The van der Waals surface area contributed by atoms with Gasteiger partial charge in [-0.1, -0.05) is 13.8 Å². The lowest BCUT2D eigenvalue weighted by molar-refractivity contribution is -0.121. The Bertz CT molecular complexity index is 349. The highest BCUT2D eigenvalue weighted by Crippen LogP contribution is 2.21. The van der Waals surface area contributed by atoms with Crippen LogP contribution in [0.1, 0.15) is 25.8 Å². The predicted octanol–water partition coefficient (Wildman–Crippen LogP) is 1.08. The molecule has 4 heteroatoms. The minimum Gasteiger partial charge on any atom is -0.355 e. The van der Waals surface area contributed by atoms with Gasteiger partial charge in [-0.05, 0) is 24.7 Å². The van der Waals surface area contributed by atoms with Crippen LogP contribution in [0.2, 0.25) is 0 Å². The van der Waals surface area contributed by atoms with E-state index in [-0.39, 0.29) is 11.3 Å². The van der Waals surface area contributed by atoms with Crippen molar-refractivity contribution in [2.75, 3.05) is 20.1 Å². The maximum atomic E-state index is 11.5. The summed E-state index contributed by atoms with van der Waals surface area (Å²) in [5.74, 6) is 0.0847. The minimum absolute atomic E-state index is 0.0712. The third-order valence-electron chi connectivity index (χ3n) is 2.79. The van der Waals surface area contributed by atoms with Gasteiger partial charge in [0.1, 0.15) is 0 Å². The number of aromatic nitrogens is 1. The van der Waals surface area contributed by atoms with Crippen LogP contribution in [-0.4, -0.2) is 31.0 Å². The lowest BCUT2D eigenvalue weighted by Gasteiger charge is -2.25. The summed E-state index contributed by atoms with van der Waals surface area (Å²) in [5.41, 5.74) is 1.11. The van der Waals surface area contributed by atoms with E-state index >= 15 is 0 Å². The molecule has 1 rings (SSSR count). The maximum Gasteiger partial charge on any atom is 0.221 e. The quantitative estimate of drug-likeness (QED) is 0.776. The lowest BCUT2D eigenvalue weighted by atomic mass is 9.85. The molecule has 0 radical (unpaired) electrons. The lowest BCUT2D eigenvalue weighted by Crippen LogP contribution is -2.37. The van der Waals surface area contributed by atoms with Crippen LogP contribution in [0.15, 0.2) is 24.5 Å². The molecular weight excluding hydrogens is 214 g/mol. The Hall–Kier alpha value is -1.42. The number of carbonyl (C=O) groups is 1. The average molecular weight is 235 g/mol. The van der Waals surface area contributed by atoms with E-state index in [4.69, 9.17) is 0 Å². The van der Waals surface area contributed by atoms with Gasteiger partial charge >= 0.3 is 0 Å². The normalized spacial score (nSPS) is 11.2. The molecule has 94 valence electrons. The summed E-state index contributed by atoms with van der Waals surface area (Å²) in [6, 6.07) is 3.97. The Morgan fingerprint density at radius 1 is 1.35 bits per heavy atom. The highest BCUT2D eigenvalue weighted by molar-refractivity contribution is 5.76. The zero-order valence-electron chi connectivity index (χ0n) is 10.8. The fourth-order valence-electron chi connectivity index (χ4n) is 1.55. The first-order valence-corrected chi connectivity index (χ1v) is 5.88. The molecule has 0 unspecified atom stereocenters. The summed E-state index contributed by atoms with van der Waals surface area (Å²) < 4.78 is 0. The molecular formula is C13H21N3O. The van der Waals surface area contributed by atoms with Gasteiger partial charge in [0, 0.05) is 37.3 Å². The van der Waals surface area contributed by atoms with Gasteiger partial charge in [-0.3, -0.25) is 9.78 Å². The first kappa shape index (κ1) is 13.6. The van der Waals surface area contributed by atoms with Crippen LogP contribution in [0.3, 0.4) is 0 Å². The molecule has 0 atom stereocenters. The molecule has 0 saturated heterocycles. The van der Waals surface area contributed by atoms with E-state index in [2.05, 4.69) is 29.5 Å². The van der Waals surface area contributed by atoms with Gasteiger partial charge in [-0.25, -0.2) is 0 Å². The van der Waals surface area contributed by atoms with E-state index in [1.807, 2.05) is 19.2 Å². The summed E-state index contributed by atoms with van der Waals surface area (Å²) >= 11 is 0. The number of hydrogen-bond donors (Lipinski definition) is 2. The number of nitrogens with zero attached hydrogens (tertiary/aromatic N) is 1. The fraction of sp³-hybridized carbons (Fsp3) is 0.538. The third kappa shape index (κ3) is 4.53. The van der Waals surface area contributed by atoms with Crippen molar-refractivity contribution < 1.29 is 4.79 Å². The smallest absolute Gasteiger partial charge is 0.221 e. The van der Waals surface area contributed by atoms with Crippen molar-refractivity contribution in [1.29, 1.82) is 0 Å². The molecule has 1 aromatic heterocycles. The number of amides is 1. The van der Waals surface area contributed by atoms with Crippen LogP contribution < -0.4 is 10.6 Å². The number of pyridine rings is 1. The number of rotatable bonds is 6. The second-order valence-corrected chi connectivity index (χ2v) is 4.75. The molecule has 2 N–H and O–H groups in total. The molecule has 0 bridgehead atoms. The van der Waals surface area contributed by atoms with E-state index < -0.39 is 0 Å². The van der Waals surface area contributed by atoms with Gasteiger partial charge in [0.25, 0.3) is 0 Å². The summed E-state index contributed by atoms with van der Waals surface area (Å²) in [5, 5.41) is 5.92. The van der Waals surface area contributed by atoms with E-state index in [1.54, 1.807) is 12.4 Å². The molecule has 0 aliphatic rings. The molecule has 1 aromatic rings. The zero-order chi connectivity index (χ0) is 12.7. The van der Waals surface area contributed by atoms with Gasteiger partial charge in [-0.15, -0.1) is 0 Å². The Labute approximate surface area is 103 Å². The first-order chi connectivity index (χ1) is 8.06. The van der Waals surface area contributed by atoms with Crippen molar-refractivity contribution in [3.63, 3.8) is 0 Å². The molecule has 4 nitrogen and oxygen atoms in total. The van der Waals surface area contributed by atoms with Crippen molar-refractivity contribution in [2.24, 2.45) is 0 Å². The van der Waals surface area contributed by atoms with Crippen molar-refractivity contribution in [2.45, 2.75) is 25.7 Å². The minimum atomic E-state index is -0.0712. The van der Waals surface area contributed by atoms with Crippen LogP contribution in [0.25, 0.3) is 0 Å². The molecule has 0 spiro atoms. The monoisotopic (exact) mass is 235 g/mol. The Kier molecular flexibility index (Phi) is 5.10. The van der Waals surface area contributed by atoms with Gasteiger partial charge in [0.15, 0.2) is 0 Å². The predicted molar refractivity (Wildman–Crippen MR) is 68.8 cm³/mol. The number of hydrogen-bond acceptors (Lipinski definition) is 3. The molecule has 0 aromatic carbocycles. The van der Waals surface area contributed by atoms with Crippen molar-refractivity contribution >= 4 is 5.91 Å². The van der Waals surface area contributed by atoms with Gasteiger partial charge in [-0.2, -0.15) is 0 Å². The van der Waals surface area contributed by atoms with Crippen LogP contribution in [0.5, 0.6) is 0 Å². The van der Waals surface area contributed by atoms with Gasteiger partial charge in [0.2, 0.25) is 5.91 Å². The summed E-state index contributed by atoms with van der Waals surface area (Å²) in [6.45, 7) is 5.57. The summed E-state index contributed by atoms with van der Waals surface area (Å²) in [4.78, 5) is 15.5. The van der Waals surface area contributed by atoms with Crippen LogP contribution in [0.4, 0.5) is 0 Å². The second-order valence-electron chi connectivity index (χ2n) is 4.75. The van der Waals surface area contributed by atoms with Crippen LogP contribution in [0, 0.1) is 0 Å².